The molecule has 48 heavy (non-hydrogen) atoms. The minimum atomic E-state index is -0.0471. The molecule has 0 radical (unpaired) electrons. The van der Waals surface area contributed by atoms with E-state index in [4.69, 9.17) is 9.47 Å². The molecule has 8 aromatic rings. The van der Waals surface area contributed by atoms with E-state index >= 15 is 0 Å². The van der Waals surface area contributed by atoms with Gasteiger partial charge in [-0.2, -0.15) is 0 Å². The van der Waals surface area contributed by atoms with Crippen LogP contribution in [0.4, 0.5) is 17.1 Å². The van der Waals surface area contributed by atoms with E-state index < -0.39 is 0 Å². The van der Waals surface area contributed by atoms with Crippen LogP contribution >= 0.6 is 0 Å². The molecule has 1 aromatic heterocycles. The van der Waals surface area contributed by atoms with E-state index in [0.29, 0.717) is 0 Å². The van der Waals surface area contributed by atoms with E-state index in [1.165, 1.54) is 43.9 Å². The van der Waals surface area contributed by atoms with Crippen LogP contribution in [0.3, 0.4) is 0 Å². The molecule has 7 aromatic carbocycles. The molecule has 220 valence electrons. The van der Waals surface area contributed by atoms with Gasteiger partial charge in [0, 0.05) is 33.1 Å². The van der Waals surface area contributed by atoms with Gasteiger partial charge in [-0.15, -0.1) is 0 Å². The van der Waals surface area contributed by atoms with Crippen molar-refractivity contribution in [3.05, 3.63) is 146 Å². The third-order valence-electron chi connectivity index (χ3n) is 10.9. The van der Waals surface area contributed by atoms with E-state index in [9.17, 15) is 0 Å². The van der Waals surface area contributed by atoms with Gasteiger partial charge in [0.05, 0.1) is 16.9 Å². The number of para-hydroxylation sites is 6. The summed E-state index contributed by atoms with van der Waals surface area (Å²) in [6, 6.07) is 52.3. The number of nitrogens with zero attached hydrogens (tertiary/aromatic N) is 2. The van der Waals surface area contributed by atoms with E-state index in [2.05, 4.69) is 155 Å². The fraction of sp³-hybridized carbons (Fsp3) is 0. The van der Waals surface area contributed by atoms with Gasteiger partial charge in [-0.05, 0) is 63.7 Å². The SMILES string of the molecule is c1ccc(N2c3ccccc3B3c4c2c2c5c(c4-n4c6ccccc6c6cccc3c64)Oc3ccccc3B5c3ccccc3O2)cc1. The number of benzene rings is 7. The summed E-state index contributed by atoms with van der Waals surface area (Å²) in [7, 11) is 0. The standard InChI is InChI=1S/C42H24B2N2O2/c1-2-13-25(14-3-1)45-33-22-9-5-17-28(33)43-31-20-12-16-27-26-15-4-8-21-32(26)46(38(27)31)40-36(43)39(45)41-37-42(40)48-35-24-11-7-19-30(35)44(37)29-18-6-10-23-34(29)47-41/h1-24H. The topological polar surface area (TPSA) is 26.6 Å². The van der Waals surface area contributed by atoms with Crippen LogP contribution in [0.15, 0.2) is 146 Å². The molecule has 0 bridgehead atoms. The molecule has 12 rings (SSSR count). The Hall–Kier alpha value is -6.13. The molecule has 0 spiro atoms. The number of hydrogen-bond acceptors (Lipinski definition) is 3. The molecule has 4 aliphatic rings. The van der Waals surface area contributed by atoms with Crippen LogP contribution in [0.1, 0.15) is 0 Å². The molecular formula is C42H24B2N2O2. The van der Waals surface area contributed by atoms with Crippen molar-refractivity contribution in [2.45, 2.75) is 0 Å². The molecule has 0 aliphatic carbocycles. The lowest BCUT2D eigenvalue weighted by Gasteiger charge is -2.44. The average molecular weight is 610 g/mol. The summed E-state index contributed by atoms with van der Waals surface area (Å²) in [5.41, 5.74) is 14.1. The summed E-state index contributed by atoms with van der Waals surface area (Å²) >= 11 is 0. The molecule has 6 heteroatoms. The first-order chi connectivity index (χ1) is 23.9. The van der Waals surface area contributed by atoms with Crippen molar-refractivity contribution >= 4 is 85.1 Å². The average Bonchev–Trinajstić information content (AvgIpc) is 3.49. The molecule has 4 aliphatic heterocycles. The number of ether oxygens (including phenoxy) is 2. The van der Waals surface area contributed by atoms with Gasteiger partial charge < -0.3 is 18.9 Å². The van der Waals surface area contributed by atoms with Gasteiger partial charge in [0.25, 0.3) is 13.4 Å². The zero-order valence-electron chi connectivity index (χ0n) is 25.7. The zero-order valence-corrected chi connectivity index (χ0v) is 25.7. The summed E-state index contributed by atoms with van der Waals surface area (Å²) < 4.78 is 16.9. The first-order valence-corrected chi connectivity index (χ1v) is 16.6. The Kier molecular flexibility index (Phi) is 4.59. The molecule has 0 N–H and O–H groups in total. The van der Waals surface area contributed by atoms with E-state index in [0.717, 1.165) is 56.4 Å². The van der Waals surface area contributed by atoms with Crippen LogP contribution in [-0.4, -0.2) is 18.0 Å². The lowest BCUT2D eigenvalue weighted by Crippen LogP contribution is -2.63. The molecule has 4 nitrogen and oxygen atoms in total. The van der Waals surface area contributed by atoms with Gasteiger partial charge >= 0.3 is 0 Å². The van der Waals surface area contributed by atoms with Crippen molar-refractivity contribution < 1.29 is 9.47 Å². The highest BCUT2D eigenvalue weighted by Gasteiger charge is 2.50. The van der Waals surface area contributed by atoms with Gasteiger partial charge in [0.2, 0.25) is 0 Å². The van der Waals surface area contributed by atoms with E-state index in [1.807, 2.05) is 0 Å². The van der Waals surface area contributed by atoms with Gasteiger partial charge in [0.1, 0.15) is 23.0 Å². The van der Waals surface area contributed by atoms with Crippen molar-refractivity contribution in [1.82, 2.24) is 4.57 Å². The lowest BCUT2D eigenvalue weighted by molar-refractivity contribution is 0.464. The minimum Gasteiger partial charge on any atom is -0.456 e. The number of aromatic nitrogens is 1. The maximum absolute atomic E-state index is 7.18. The normalized spacial score (nSPS) is 14.0. The fourth-order valence-corrected chi connectivity index (χ4v) is 9.11. The second-order valence-corrected chi connectivity index (χ2v) is 13.2. The number of anilines is 3. The lowest BCUT2D eigenvalue weighted by atomic mass is 9.31. The monoisotopic (exact) mass is 610 g/mol. The quantitative estimate of drug-likeness (QED) is 0.210. The predicted octanol–water partition coefficient (Wildman–Crippen LogP) is 6.12. The smallest absolute Gasteiger partial charge is 0.260 e. The first-order valence-electron chi connectivity index (χ1n) is 16.6. The first kappa shape index (κ1) is 25.0. The molecule has 0 amide bonds. The van der Waals surface area contributed by atoms with Crippen molar-refractivity contribution in [3.63, 3.8) is 0 Å². The summed E-state index contributed by atoms with van der Waals surface area (Å²) in [6.07, 6.45) is 0. The van der Waals surface area contributed by atoms with Crippen LogP contribution in [0.5, 0.6) is 23.0 Å². The molecule has 0 atom stereocenters. The zero-order chi connectivity index (χ0) is 31.1. The summed E-state index contributed by atoms with van der Waals surface area (Å²) in [6.45, 7) is -0.0672. The third-order valence-corrected chi connectivity index (χ3v) is 10.9. The van der Waals surface area contributed by atoms with E-state index in [-0.39, 0.29) is 13.4 Å². The van der Waals surface area contributed by atoms with Crippen LogP contribution in [0, 0.1) is 0 Å². The Labute approximate surface area is 277 Å². The Morgan fingerprint density at radius 2 is 1.02 bits per heavy atom. The highest BCUT2D eigenvalue weighted by atomic mass is 16.5. The van der Waals surface area contributed by atoms with Gasteiger partial charge in [-0.25, -0.2) is 0 Å². The number of hydrogen-bond donors (Lipinski definition) is 0. The molecule has 0 unspecified atom stereocenters. The number of rotatable bonds is 1. The maximum atomic E-state index is 7.18. The van der Waals surface area contributed by atoms with Gasteiger partial charge in [0.15, 0.2) is 0 Å². The Morgan fingerprint density at radius 3 is 1.81 bits per heavy atom. The highest BCUT2D eigenvalue weighted by molar-refractivity contribution is 7.02. The highest BCUT2D eigenvalue weighted by Crippen LogP contribution is 2.50. The maximum Gasteiger partial charge on any atom is 0.260 e. The Balaban J connectivity index is 1.34. The fourth-order valence-electron chi connectivity index (χ4n) is 9.11. The third kappa shape index (κ3) is 2.91. The Bertz CT molecular complexity index is 2710. The summed E-state index contributed by atoms with van der Waals surface area (Å²) in [4.78, 5) is 2.43. The molecule has 0 saturated heterocycles. The summed E-state index contributed by atoms with van der Waals surface area (Å²) in [5, 5.41) is 2.51. The molecule has 5 heterocycles. The van der Waals surface area contributed by atoms with Crippen molar-refractivity contribution in [1.29, 1.82) is 0 Å². The number of fused-ring (bicyclic) bond motifs is 13. The van der Waals surface area contributed by atoms with E-state index in [1.54, 1.807) is 0 Å². The molecular weight excluding hydrogens is 586 g/mol. The molecule has 0 fully saturated rings. The summed E-state index contributed by atoms with van der Waals surface area (Å²) in [5.74, 6) is 3.55. The van der Waals surface area contributed by atoms with Crippen molar-refractivity contribution in [2.75, 3.05) is 4.90 Å². The van der Waals surface area contributed by atoms with Crippen LogP contribution in [0.2, 0.25) is 0 Å². The second-order valence-electron chi connectivity index (χ2n) is 13.2. The molecule has 0 saturated carbocycles. The van der Waals surface area contributed by atoms with Gasteiger partial charge in [-0.3, -0.25) is 0 Å². The van der Waals surface area contributed by atoms with Crippen molar-refractivity contribution in [2.24, 2.45) is 0 Å². The predicted molar refractivity (Wildman–Crippen MR) is 198 cm³/mol. The Morgan fingerprint density at radius 1 is 0.438 bits per heavy atom. The van der Waals surface area contributed by atoms with Crippen LogP contribution in [-0.2, 0) is 0 Å². The largest absolute Gasteiger partial charge is 0.456 e. The van der Waals surface area contributed by atoms with Crippen LogP contribution in [0.25, 0.3) is 27.5 Å². The van der Waals surface area contributed by atoms with Crippen molar-refractivity contribution in [3.8, 4) is 28.7 Å². The second kappa shape index (κ2) is 8.81. The van der Waals surface area contributed by atoms with Gasteiger partial charge in [-0.1, -0.05) is 109 Å². The van der Waals surface area contributed by atoms with Crippen LogP contribution < -0.4 is 47.2 Å². The minimum absolute atomic E-state index is 0.0202.